The van der Waals surface area contributed by atoms with Crippen LogP contribution in [0.2, 0.25) is 0 Å². The van der Waals surface area contributed by atoms with Crippen LogP contribution in [0, 0.1) is 5.41 Å². The quantitative estimate of drug-likeness (QED) is 0.698. The van der Waals surface area contributed by atoms with Crippen molar-refractivity contribution < 1.29 is 19.4 Å². The Hall–Kier alpha value is -1.30. The van der Waals surface area contributed by atoms with Crippen molar-refractivity contribution in [2.24, 2.45) is 5.41 Å². The minimum atomic E-state index is -0.792. The molecule has 1 aliphatic heterocycles. The van der Waals surface area contributed by atoms with Crippen molar-refractivity contribution in [1.29, 1.82) is 0 Å². The van der Waals surface area contributed by atoms with Crippen LogP contribution in [0.3, 0.4) is 0 Å². The summed E-state index contributed by atoms with van der Waals surface area (Å²) in [6.45, 7) is 3.05. The predicted octanol–water partition coefficient (Wildman–Crippen LogP) is 1.11. The van der Waals surface area contributed by atoms with E-state index in [0.29, 0.717) is 13.2 Å². The fourth-order valence-corrected chi connectivity index (χ4v) is 2.82. The molecule has 19 heavy (non-hydrogen) atoms. The molecule has 2 unspecified atom stereocenters. The van der Waals surface area contributed by atoms with Crippen LogP contribution in [-0.4, -0.2) is 42.4 Å². The molecule has 2 aliphatic rings. The monoisotopic (exact) mass is 270 g/mol. The van der Waals surface area contributed by atoms with E-state index in [2.05, 4.69) is 10.6 Å². The number of hydrogen-bond donors (Lipinski definition) is 3. The molecule has 0 aromatic carbocycles. The number of urea groups is 1. The second kappa shape index (κ2) is 5.77. The van der Waals surface area contributed by atoms with E-state index in [9.17, 15) is 9.59 Å². The van der Waals surface area contributed by atoms with Crippen molar-refractivity contribution in [2.75, 3.05) is 13.2 Å². The lowest BCUT2D eigenvalue weighted by atomic mass is 9.66. The van der Waals surface area contributed by atoms with Crippen LogP contribution >= 0.6 is 0 Å². The van der Waals surface area contributed by atoms with Gasteiger partial charge in [0.15, 0.2) is 0 Å². The van der Waals surface area contributed by atoms with Gasteiger partial charge in [-0.2, -0.15) is 0 Å². The van der Waals surface area contributed by atoms with Crippen molar-refractivity contribution in [3.05, 3.63) is 0 Å². The Morgan fingerprint density at radius 1 is 1.42 bits per heavy atom. The maximum Gasteiger partial charge on any atom is 0.315 e. The number of carboxylic acid groups (broad SMARTS) is 1. The zero-order valence-electron chi connectivity index (χ0n) is 11.3. The predicted molar refractivity (Wildman–Crippen MR) is 68.9 cm³/mol. The van der Waals surface area contributed by atoms with Gasteiger partial charge in [0.25, 0.3) is 0 Å². The molecule has 1 saturated carbocycles. The van der Waals surface area contributed by atoms with Gasteiger partial charge in [-0.1, -0.05) is 6.42 Å². The molecular weight excluding hydrogens is 248 g/mol. The number of nitrogens with one attached hydrogen (secondary N) is 2. The van der Waals surface area contributed by atoms with Crippen LogP contribution in [0.5, 0.6) is 0 Å². The summed E-state index contributed by atoms with van der Waals surface area (Å²) in [5.74, 6) is -0.792. The van der Waals surface area contributed by atoms with E-state index in [0.717, 1.165) is 25.7 Å². The summed E-state index contributed by atoms with van der Waals surface area (Å²) >= 11 is 0. The van der Waals surface area contributed by atoms with Gasteiger partial charge in [-0.3, -0.25) is 4.79 Å². The normalized spacial score (nSPS) is 28.5. The minimum absolute atomic E-state index is 0.0439. The molecule has 1 aliphatic carbocycles. The number of carbonyl (C=O) groups is 2. The second-order valence-electron chi connectivity index (χ2n) is 5.72. The molecule has 1 heterocycles. The summed E-state index contributed by atoms with van der Waals surface area (Å²) in [5, 5.41) is 14.6. The number of carbonyl (C=O) groups excluding carboxylic acids is 1. The van der Waals surface area contributed by atoms with Crippen LogP contribution in [-0.2, 0) is 9.53 Å². The number of carboxylic acids is 1. The molecule has 0 aromatic rings. The van der Waals surface area contributed by atoms with E-state index in [1.54, 1.807) is 0 Å². The lowest BCUT2D eigenvalue weighted by molar-refractivity contribution is -0.141. The molecule has 0 radical (unpaired) electrons. The van der Waals surface area contributed by atoms with Crippen LogP contribution < -0.4 is 10.6 Å². The van der Waals surface area contributed by atoms with Gasteiger partial charge in [-0.25, -0.2) is 4.79 Å². The summed E-state index contributed by atoms with van der Waals surface area (Å²) in [7, 11) is 0. The third-order valence-electron chi connectivity index (χ3n) is 4.26. The van der Waals surface area contributed by atoms with Crippen LogP contribution in [0.25, 0.3) is 0 Å². The average molecular weight is 270 g/mol. The van der Waals surface area contributed by atoms with Crippen molar-refractivity contribution in [3.8, 4) is 0 Å². The molecule has 0 aromatic heterocycles. The largest absolute Gasteiger partial charge is 0.481 e. The smallest absolute Gasteiger partial charge is 0.315 e. The van der Waals surface area contributed by atoms with E-state index in [1.807, 2.05) is 6.92 Å². The molecule has 6 heteroatoms. The first-order chi connectivity index (χ1) is 9.01. The highest BCUT2D eigenvalue weighted by molar-refractivity contribution is 5.74. The first-order valence-corrected chi connectivity index (χ1v) is 6.89. The highest BCUT2D eigenvalue weighted by atomic mass is 16.5. The van der Waals surface area contributed by atoms with Crippen molar-refractivity contribution in [3.63, 3.8) is 0 Å². The van der Waals surface area contributed by atoms with E-state index in [4.69, 9.17) is 9.84 Å². The number of aliphatic carboxylic acids is 1. The summed E-state index contributed by atoms with van der Waals surface area (Å²) in [6, 6.07) is -0.171. The van der Waals surface area contributed by atoms with Gasteiger partial charge in [-0.15, -0.1) is 0 Å². The van der Waals surface area contributed by atoms with E-state index in [1.165, 1.54) is 0 Å². The van der Waals surface area contributed by atoms with Crippen LogP contribution in [0.15, 0.2) is 0 Å². The molecule has 108 valence electrons. The van der Waals surface area contributed by atoms with Gasteiger partial charge in [0.05, 0.1) is 18.6 Å². The number of rotatable bonds is 5. The van der Waals surface area contributed by atoms with Crippen molar-refractivity contribution in [1.82, 2.24) is 10.6 Å². The van der Waals surface area contributed by atoms with Crippen molar-refractivity contribution >= 4 is 12.0 Å². The van der Waals surface area contributed by atoms with Crippen LogP contribution in [0.1, 0.15) is 39.0 Å². The van der Waals surface area contributed by atoms with Gasteiger partial charge in [0, 0.05) is 13.2 Å². The first kappa shape index (κ1) is 14.1. The molecule has 2 rings (SSSR count). The molecule has 3 N–H and O–H groups in total. The highest BCUT2D eigenvalue weighted by Crippen LogP contribution is 2.43. The molecule has 2 atom stereocenters. The maximum atomic E-state index is 11.8. The molecule has 0 bridgehead atoms. The Morgan fingerprint density at radius 2 is 2.16 bits per heavy atom. The summed E-state index contributed by atoms with van der Waals surface area (Å²) in [5.41, 5.74) is -0.235. The summed E-state index contributed by atoms with van der Waals surface area (Å²) in [4.78, 5) is 22.6. The fraction of sp³-hybridized carbons (Fsp3) is 0.846. The number of amides is 2. The Kier molecular flexibility index (Phi) is 4.29. The lowest BCUT2D eigenvalue weighted by Gasteiger charge is -2.40. The minimum Gasteiger partial charge on any atom is -0.481 e. The maximum absolute atomic E-state index is 11.8. The highest BCUT2D eigenvalue weighted by Gasteiger charge is 2.39. The van der Waals surface area contributed by atoms with Gasteiger partial charge < -0.3 is 20.5 Å². The van der Waals surface area contributed by atoms with Gasteiger partial charge in [0.1, 0.15) is 0 Å². The molecule has 6 nitrogen and oxygen atoms in total. The Morgan fingerprint density at radius 3 is 2.63 bits per heavy atom. The Labute approximate surface area is 112 Å². The zero-order valence-corrected chi connectivity index (χ0v) is 11.3. The Balaban J connectivity index is 1.74. The fourth-order valence-electron chi connectivity index (χ4n) is 2.82. The molecule has 2 fully saturated rings. The average Bonchev–Trinajstić information content (AvgIpc) is 2.68. The summed E-state index contributed by atoms with van der Waals surface area (Å²) < 4.78 is 5.38. The van der Waals surface area contributed by atoms with E-state index in [-0.39, 0.29) is 30.0 Å². The third kappa shape index (κ3) is 3.59. The van der Waals surface area contributed by atoms with Crippen LogP contribution in [0.4, 0.5) is 4.79 Å². The second-order valence-corrected chi connectivity index (χ2v) is 5.72. The third-order valence-corrected chi connectivity index (χ3v) is 4.26. The van der Waals surface area contributed by atoms with Gasteiger partial charge in [0.2, 0.25) is 0 Å². The molecule has 1 saturated heterocycles. The molecule has 2 amide bonds. The topological polar surface area (TPSA) is 87.7 Å². The first-order valence-electron chi connectivity index (χ1n) is 6.89. The lowest BCUT2D eigenvalue weighted by Crippen LogP contribution is -2.50. The number of ether oxygens (including phenoxy) is 1. The van der Waals surface area contributed by atoms with Gasteiger partial charge >= 0.3 is 12.0 Å². The molecule has 0 spiro atoms. The molecular formula is C13H22N2O4. The standard InChI is InChI=1S/C13H22N2O4/c1-9-10(3-6-19-9)15-12(18)14-8-13(4-2-5-13)7-11(16)17/h9-10H,2-8H2,1H3,(H,16,17)(H2,14,15,18). The SMILES string of the molecule is CC1OCCC1NC(=O)NCC1(CC(=O)O)CCC1. The van der Waals surface area contributed by atoms with E-state index < -0.39 is 5.97 Å². The van der Waals surface area contributed by atoms with Gasteiger partial charge in [-0.05, 0) is 31.6 Å². The van der Waals surface area contributed by atoms with Crippen molar-refractivity contribution in [2.45, 2.75) is 51.2 Å². The zero-order chi connectivity index (χ0) is 13.9. The summed E-state index contributed by atoms with van der Waals surface area (Å²) in [6.07, 6.45) is 3.81. The number of hydrogen-bond acceptors (Lipinski definition) is 3. The van der Waals surface area contributed by atoms with E-state index >= 15 is 0 Å². The Bertz CT molecular complexity index is 355.